The van der Waals surface area contributed by atoms with Gasteiger partial charge in [-0.1, -0.05) is 43.8 Å². The van der Waals surface area contributed by atoms with Crippen molar-refractivity contribution >= 4 is 28.6 Å². The minimum absolute atomic E-state index is 0.0273. The largest absolute Gasteiger partial charge is 0.411 e. The zero-order chi connectivity index (χ0) is 17.1. The monoisotopic (exact) mass is 344 g/mol. The number of H-pyrrole nitrogens is 1. The second kappa shape index (κ2) is 7.09. The molecule has 0 aliphatic rings. The van der Waals surface area contributed by atoms with Gasteiger partial charge in [-0.15, -0.1) is 10.2 Å². The predicted molar refractivity (Wildman–Crippen MR) is 94.8 cm³/mol. The molecule has 1 amide bonds. The van der Waals surface area contributed by atoms with Gasteiger partial charge in [0.2, 0.25) is 5.91 Å². The first-order chi connectivity index (χ1) is 11.5. The highest BCUT2D eigenvalue weighted by molar-refractivity contribution is 8.00. The summed E-state index contributed by atoms with van der Waals surface area (Å²) in [5, 5.41) is 12.2. The second-order valence-electron chi connectivity index (χ2n) is 6.02. The second-order valence-corrected chi connectivity index (χ2v) is 7.31. The van der Waals surface area contributed by atoms with Crippen molar-refractivity contribution in [3.05, 3.63) is 30.5 Å². The molecule has 0 bridgehead atoms. The number of rotatable bonds is 6. The van der Waals surface area contributed by atoms with Gasteiger partial charge in [-0.05, 0) is 18.9 Å². The number of hydrogen-bond acceptors (Lipinski definition) is 5. The number of nitrogens with one attached hydrogen (secondary N) is 2. The van der Waals surface area contributed by atoms with Gasteiger partial charge in [0, 0.05) is 23.6 Å². The number of para-hydroxylation sites is 1. The number of benzene rings is 1. The van der Waals surface area contributed by atoms with E-state index in [1.807, 2.05) is 37.4 Å². The lowest BCUT2D eigenvalue weighted by molar-refractivity contribution is -0.120. The van der Waals surface area contributed by atoms with E-state index in [1.54, 1.807) is 0 Å². The van der Waals surface area contributed by atoms with Crippen molar-refractivity contribution in [3.8, 4) is 11.5 Å². The van der Waals surface area contributed by atoms with Gasteiger partial charge in [-0.25, -0.2) is 0 Å². The average Bonchev–Trinajstić information content (AvgIpc) is 3.18. The molecule has 3 aromatic rings. The summed E-state index contributed by atoms with van der Waals surface area (Å²) in [4.78, 5) is 15.2. The third-order valence-corrected chi connectivity index (χ3v) is 4.49. The van der Waals surface area contributed by atoms with Crippen LogP contribution in [0.25, 0.3) is 22.4 Å². The summed E-state index contributed by atoms with van der Waals surface area (Å²) in [7, 11) is 0. The zero-order valence-electron chi connectivity index (χ0n) is 13.9. The Morgan fingerprint density at radius 3 is 2.88 bits per heavy atom. The molecule has 6 nitrogen and oxygen atoms in total. The number of nitrogens with zero attached hydrogens (tertiary/aromatic N) is 2. The molecular weight excluding hydrogens is 324 g/mol. The van der Waals surface area contributed by atoms with Gasteiger partial charge < -0.3 is 14.7 Å². The van der Waals surface area contributed by atoms with Gasteiger partial charge >= 0.3 is 0 Å². The zero-order valence-corrected chi connectivity index (χ0v) is 14.7. The molecule has 0 saturated heterocycles. The molecule has 7 heteroatoms. The van der Waals surface area contributed by atoms with Crippen molar-refractivity contribution in [1.29, 1.82) is 0 Å². The Hall–Kier alpha value is -2.28. The summed E-state index contributed by atoms with van der Waals surface area (Å²) in [6, 6.07) is 7.92. The van der Waals surface area contributed by atoms with E-state index in [-0.39, 0.29) is 11.2 Å². The fraction of sp³-hybridized carbons (Fsp3) is 0.353. The Balaban J connectivity index is 1.70. The van der Waals surface area contributed by atoms with Crippen molar-refractivity contribution in [1.82, 2.24) is 20.5 Å². The highest BCUT2D eigenvalue weighted by atomic mass is 32.2. The maximum Gasteiger partial charge on any atom is 0.277 e. The molecule has 0 aliphatic carbocycles. The van der Waals surface area contributed by atoms with Crippen LogP contribution < -0.4 is 5.32 Å². The highest BCUT2D eigenvalue weighted by Gasteiger charge is 2.19. The van der Waals surface area contributed by atoms with Crippen LogP contribution >= 0.6 is 11.8 Å². The van der Waals surface area contributed by atoms with E-state index in [2.05, 4.69) is 34.3 Å². The van der Waals surface area contributed by atoms with Gasteiger partial charge in [0.1, 0.15) is 0 Å². The highest BCUT2D eigenvalue weighted by Crippen LogP contribution is 2.30. The van der Waals surface area contributed by atoms with E-state index < -0.39 is 0 Å². The summed E-state index contributed by atoms with van der Waals surface area (Å²) in [5.74, 6) is 0.841. The van der Waals surface area contributed by atoms with Crippen LogP contribution in [0.3, 0.4) is 0 Å². The smallest absolute Gasteiger partial charge is 0.277 e. The molecule has 24 heavy (non-hydrogen) atoms. The lowest BCUT2D eigenvalue weighted by Crippen LogP contribution is -2.33. The molecule has 3 rings (SSSR count). The predicted octanol–water partition coefficient (Wildman–Crippen LogP) is 3.47. The maximum atomic E-state index is 12.0. The standard InChI is InChI=1S/C17H20N4O2S/c1-10(2)8-19-15(22)11(3)24-17-21-20-16(23-17)13-9-18-14-7-5-4-6-12(13)14/h4-7,9-11,18H,8H2,1-3H3,(H,19,22)/t11-/m1/s1. The molecule has 126 valence electrons. The van der Waals surface area contributed by atoms with Crippen LogP contribution in [0, 0.1) is 5.92 Å². The van der Waals surface area contributed by atoms with Crippen molar-refractivity contribution < 1.29 is 9.21 Å². The fourth-order valence-corrected chi connectivity index (χ4v) is 2.98. The van der Waals surface area contributed by atoms with Crippen LogP contribution in [-0.4, -0.2) is 32.9 Å². The van der Waals surface area contributed by atoms with Crippen LogP contribution in [0.2, 0.25) is 0 Å². The number of aromatic amines is 1. The normalized spacial score (nSPS) is 12.7. The molecule has 1 atom stereocenters. The first kappa shape index (κ1) is 16.6. The number of fused-ring (bicyclic) bond motifs is 1. The molecule has 2 heterocycles. The molecule has 0 fully saturated rings. The molecule has 2 aromatic heterocycles. The number of carbonyl (C=O) groups excluding carboxylic acids is 1. The van der Waals surface area contributed by atoms with E-state index in [0.29, 0.717) is 23.6 Å². The lowest BCUT2D eigenvalue weighted by atomic mass is 10.2. The van der Waals surface area contributed by atoms with Crippen molar-refractivity contribution in [2.24, 2.45) is 5.92 Å². The maximum absolute atomic E-state index is 12.0. The summed E-state index contributed by atoms with van der Waals surface area (Å²) in [6.45, 7) is 6.61. The molecule has 2 N–H and O–H groups in total. The van der Waals surface area contributed by atoms with Gasteiger partial charge in [0.25, 0.3) is 11.1 Å². The van der Waals surface area contributed by atoms with E-state index in [9.17, 15) is 4.79 Å². The number of thioether (sulfide) groups is 1. The number of hydrogen-bond donors (Lipinski definition) is 2. The Morgan fingerprint density at radius 1 is 1.29 bits per heavy atom. The Labute approximate surface area is 144 Å². The first-order valence-corrected chi connectivity index (χ1v) is 8.77. The third-order valence-electron chi connectivity index (χ3n) is 3.56. The van der Waals surface area contributed by atoms with Crippen LogP contribution in [-0.2, 0) is 4.79 Å². The SMILES string of the molecule is CC(C)CNC(=O)[C@@H](C)Sc1nnc(-c2c[nH]c3ccccc23)o1. The number of aromatic nitrogens is 3. The van der Waals surface area contributed by atoms with E-state index in [1.165, 1.54) is 11.8 Å². The molecule has 0 saturated carbocycles. The lowest BCUT2D eigenvalue weighted by Gasteiger charge is -2.11. The Morgan fingerprint density at radius 2 is 2.08 bits per heavy atom. The summed E-state index contributed by atoms with van der Waals surface area (Å²) in [5.41, 5.74) is 1.88. The quantitative estimate of drug-likeness (QED) is 0.669. The topological polar surface area (TPSA) is 83.8 Å². The van der Waals surface area contributed by atoms with Gasteiger partial charge in [0.05, 0.1) is 10.8 Å². The molecule has 0 radical (unpaired) electrons. The first-order valence-electron chi connectivity index (χ1n) is 7.89. The molecule has 0 aliphatic heterocycles. The van der Waals surface area contributed by atoms with Gasteiger partial charge in [0.15, 0.2) is 0 Å². The van der Waals surface area contributed by atoms with Gasteiger partial charge in [-0.3, -0.25) is 4.79 Å². The third kappa shape index (κ3) is 3.62. The molecule has 1 aromatic carbocycles. The van der Waals surface area contributed by atoms with Crippen molar-refractivity contribution in [3.63, 3.8) is 0 Å². The molecular formula is C17H20N4O2S. The molecule has 0 unspecified atom stereocenters. The summed E-state index contributed by atoms with van der Waals surface area (Å²) < 4.78 is 5.72. The van der Waals surface area contributed by atoms with Crippen LogP contribution in [0.4, 0.5) is 0 Å². The number of amides is 1. The minimum Gasteiger partial charge on any atom is -0.411 e. The average molecular weight is 344 g/mol. The van der Waals surface area contributed by atoms with Crippen LogP contribution in [0.1, 0.15) is 20.8 Å². The fourth-order valence-electron chi connectivity index (χ4n) is 2.27. The van der Waals surface area contributed by atoms with E-state index >= 15 is 0 Å². The van der Waals surface area contributed by atoms with Crippen LogP contribution in [0.5, 0.6) is 0 Å². The molecule has 0 spiro atoms. The Bertz CT molecular complexity index is 840. The summed E-state index contributed by atoms with van der Waals surface area (Å²) in [6.07, 6.45) is 1.85. The van der Waals surface area contributed by atoms with Crippen molar-refractivity contribution in [2.45, 2.75) is 31.2 Å². The Kier molecular flexibility index (Phi) is 4.89. The van der Waals surface area contributed by atoms with Crippen molar-refractivity contribution in [2.75, 3.05) is 6.54 Å². The van der Waals surface area contributed by atoms with E-state index in [4.69, 9.17) is 4.42 Å². The van der Waals surface area contributed by atoms with Crippen LogP contribution in [0.15, 0.2) is 40.1 Å². The minimum atomic E-state index is -0.292. The summed E-state index contributed by atoms with van der Waals surface area (Å²) >= 11 is 1.26. The number of carbonyl (C=O) groups is 1. The van der Waals surface area contributed by atoms with Gasteiger partial charge in [-0.2, -0.15) is 0 Å². The van der Waals surface area contributed by atoms with E-state index in [0.717, 1.165) is 16.5 Å².